The summed E-state index contributed by atoms with van der Waals surface area (Å²) in [6.45, 7) is 2.81. The molecule has 0 heterocycles. The highest BCUT2D eigenvalue weighted by molar-refractivity contribution is 6.00. The van der Waals surface area contributed by atoms with Gasteiger partial charge in [-0.15, -0.1) is 0 Å². The average molecular weight is 309 g/mol. The van der Waals surface area contributed by atoms with Gasteiger partial charge in [-0.2, -0.15) is 0 Å². The third-order valence-corrected chi connectivity index (χ3v) is 3.04. The summed E-state index contributed by atoms with van der Waals surface area (Å²) in [5.74, 6) is 0.202. The highest BCUT2D eigenvalue weighted by atomic mass is 16.5. The lowest BCUT2D eigenvalue weighted by atomic mass is 10.0. The third-order valence-electron chi connectivity index (χ3n) is 3.04. The Kier molecular flexibility index (Phi) is 8.17. The lowest BCUT2D eigenvalue weighted by Crippen LogP contribution is -2.27. The summed E-state index contributed by atoms with van der Waals surface area (Å²) in [5.41, 5.74) is 1.47. The first kappa shape index (κ1) is 18.1. The maximum atomic E-state index is 12.2. The first-order valence-corrected chi connectivity index (χ1v) is 7.21. The number of benzene rings is 1. The summed E-state index contributed by atoms with van der Waals surface area (Å²) in [6.07, 6.45) is 0.249. The van der Waals surface area contributed by atoms with Gasteiger partial charge in [0.25, 0.3) is 0 Å². The van der Waals surface area contributed by atoms with Crippen molar-refractivity contribution >= 4 is 11.7 Å². The molecule has 0 saturated carbocycles. The lowest BCUT2D eigenvalue weighted by Gasteiger charge is -2.09. The number of hydrogen-bond acceptors (Lipinski definition) is 5. The zero-order valence-electron chi connectivity index (χ0n) is 13.1. The van der Waals surface area contributed by atoms with Crippen molar-refractivity contribution in [3.8, 4) is 5.75 Å². The molecule has 0 aromatic heterocycles. The summed E-state index contributed by atoms with van der Waals surface area (Å²) in [4.78, 5) is 23.8. The molecular weight excluding hydrogens is 286 g/mol. The van der Waals surface area contributed by atoms with Gasteiger partial charge in [-0.25, -0.2) is 0 Å². The van der Waals surface area contributed by atoms with Crippen LogP contribution in [0.1, 0.15) is 28.8 Å². The molecule has 0 atom stereocenters. The van der Waals surface area contributed by atoms with Gasteiger partial charge in [0, 0.05) is 19.4 Å². The van der Waals surface area contributed by atoms with E-state index in [2.05, 4.69) is 5.32 Å². The number of ketones is 1. The van der Waals surface area contributed by atoms with Gasteiger partial charge in [0.15, 0.2) is 5.78 Å². The SMILES string of the molecule is COc1ccc(C)cc1C(=O)CCC(=O)NCCOCCO. The van der Waals surface area contributed by atoms with E-state index in [4.69, 9.17) is 14.6 Å². The van der Waals surface area contributed by atoms with Crippen LogP contribution in [0.5, 0.6) is 5.75 Å². The lowest BCUT2D eigenvalue weighted by molar-refractivity contribution is -0.121. The van der Waals surface area contributed by atoms with Crippen molar-refractivity contribution in [1.82, 2.24) is 5.32 Å². The second-order valence-electron chi connectivity index (χ2n) is 4.81. The molecule has 0 aliphatic carbocycles. The molecular formula is C16H23NO5. The molecule has 122 valence electrons. The molecule has 0 saturated heterocycles. The van der Waals surface area contributed by atoms with Crippen LogP contribution in [0.25, 0.3) is 0 Å². The standard InChI is InChI=1S/C16H23NO5/c1-12-3-5-15(21-2)13(11-12)14(19)4-6-16(20)17-7-9-22-10-8-18/h3,5,11,18H,4,6-10H2,1-2H3,(H,17,20). The van der Waals surface area contributed by atoms with Crippen LogP contribution in [-0.4, -0.2) is 50.3 Å². The number of carbonyl (C=O) groups excluding carboxylic acids is 2. The first-order valence-electron chi connectivity index (χ1n) is 7.21. The summed E-state index contributed by atoms with van der Waals surface area (Å²) in [6, 6.07) is 5.39. The number of ether oxygens (including phenoxy) is 2. The maximum absolute atomic E-state index is 12.2. The van der Waals surface area contributed by atoms with Crippen LogP contribution in [0.15, 0.2) is 18.2 Å². The van der Waals surface area contributed by atoms with E-state index in [1.54, 1.807) is 12.1 Å². The molecule has 6 nitrogen and oxygen atoms in total. The van der Waals surface area contributed by atoms with Crippen LogP contribution in [-0.2, 0) is 9.53 Å². The minimum absolute atomic E-state index is 0.0409. The van der Waals surface area contributed by atoms with Crippen molar-refractivity contribution in [1.29, 1.82) is 0 Å². The topological polar surface area (TPSA) is 84.9 Å². The molecule has 6 heteroatoms. The van der Waals surface area contributed by atoms with E-state index in [9.17, 15) is 9.59 Å². The molecule has 22 heavy (non-hydrogen) atoms. The predicted octanol–water partition coefficient (Wildman–Crippen LogP) is 1.09. The van der Waals surface area contributed by atoms with Crippen molar-refractivity contribution in [2.24, 2.45) is 0 Å². The van der Waals surface area contributed by atoms with Gasteiger partial charge in [-0.3, -0.25) is 9.59 Å². The molecule has 1 amide bonds. The van der Waals surface area contributed by atoms with E-state index in [1.165, 1.54) is 7.11 Å². The molecule has 2 N–H and O–H groups in total. The Morgan fingerprint density at radius 2 is 2.00 bits per heavy atom. The predicted molar refractivity (Wildman–Crippen MR) is 82.2 cm³/mol. The molecule has 0 unspecified atom stereocenters. The number of nitrogens with one attached hydrogen (secondary N) is 1. The normalized spacial score (nSPS) is 10.3. The van der Waals surface area contributed by atoms with E-state index in [0.717, 1.165) is 5.56 Å². The van der Waals surface area contributed by atoms with Crippen LogP contribution in [0.4, 0.5) is 0 Å². The summed E-state index contributed by atoms with van der Waals surface area (Å²) < 4.78 is 10.2. The van der Waals surface area contributed by atoms with Gasteiger partial charge in [-0.1, -0.05) is 11.6 Å². The van der Waals surface area contributed by atoms with Gasteiger partial charge in [0.05, 0.1) is 32.5 Å². The largest absolute Gasteiger partial charge is 0.496 e. The molecule has 1 aromatic rings. The van der Waals surface area contributed by atoms with Crippen LogP contribution >= 0.6 is 0 Å². The van der Waals surface area contributed by atoms with Gasteiger partial charge < -0.3 is 19.9 Å². The number of aryl methyl sites for hydroxylation is 1. The van der Waals surface area contributed by atoms with Gasteiger partial charge in [-0.05, 0) is 19.1 Å². The van der Waals surface area contributed by atoms with Crippen molar-refractivity contribution in [2.45, 2.75) is 19.8 Å². The molecule has 0 fully saturated rings. The summed E-state index contributed by atoms with van der Waals surface area (Å²) in [5, 5.41) is 11.2. The quantitative estimate of drug-likeness (QED) is 0.499. The zero-order valence-corrected chi connectivity index (χ0v) is 13.1. The Morgan fingerprint density at radius 1 is 1.23 bits per heavy atom. The monoisotopic (exact) mass is 309 g/mol. The Bertz CT molecular complexity index is 501. The molecule has 0 bridgehead atoms. The van der Waals surface area contributed by atoms with Gasteiger partial charge in [0.2, 0.25) is 5.91 Å². The van der Waals surface area contributed by atoms with Crippen molar-refractivity contribution in [3.05, 3.63) is 29.3 Å². The van der Waals surface area contributed by atoms with E-state index in [1.807, 2.05) is 13.0 Å². The van der Waals surface area contributed by atoms with E-state index < -0.39 is 0 Å². The molecule has 0 spiro atoms. The number of rotatable bonds is 10. The van der Waals surface area contributed by atoms with E-state index in [0.29, 0.717) is 24.5 Å². The highest BCUT2D eigenvalue weighted by Crippen LogP contribution is 2.21. The second kappa shape index (κ2) is 9.92. The Labute approximate surface area is 130 Å². The average Bonchev–Trinajstić information content (AvgIpc) is 2.52. The number of amides is 1. The number of carbonyl (C=O) groups is 2. The Hall–Kier alpha value is -1.92. The van der Waals surface area contributed by atoms with Gasteiger partial charge >= 0.3 is 0 Å². The van der Waals surface area contributed by atoms with Crippen LogP contribution < -0.4 is 10.1 Å². The maximum Gasteiger partial charge on any atom is 0.220 e. The zero-order chi connectivity index (χ0) is 16.4. The van der Waals surface area contributed by atoms with Crippen LogP contribution in [0.2, 0.25) is 0 Å². The van der Waals surface area contributed by atoms with E-state index in [-0.39, 0.29) is 37.7 Å². The third kappa shape index (κ3) is 6.24. The smallest absolute Gasteiger partial charge is 0.220 e. The van der Waals surface area contributed by atoms with Crippen molar-refractivity contribution in [2.75, 3.05) is 33.5 Å². The first-order chi connectivity index (χ1) is 10.6. The summed E-state index contributed by atoms with van der Waals surface area (Å²) >= 11 is 0. The minimum atomic E-state index is -0.201. The van der Waals surface area contributed by atoms with Crippen LogP contribution in [0.3, 0.4) is 0 Å². The van der Waals surface area contributed by atoms with Crippen molar-refractivity contribution < 1.29 is 24.2 Å². The Morgan fingerprint density at radius 3 is 2.68 bits per heavy atom. The number of aliphatic hydroxyl groups excluding tert-OH is 1. The number of hydrogen-bond donors (Lipinski definition) is 2. The fourth-order valence-electron chi connectivity index (χ4n) is 1.92. The number of methoxy groups -OCH3 is 1. The molecule has 0 aliphatic heterocycles. The minimum Gasteiger partial charge on any atom is -0.496 e. The number of Topliss-reactive ketones (excluding diaryl/α,β-unsaturated/α-hetero) is 1. The fourth-order valence-corrected chi connectivity index (χ4v) is 1.92. The van der Waals surface area contributed by atoms with Gasteiger partial charge in [0.1, 0.15) is 5.75 Å². The van der Waals surface area contributed by atoms with Crippen LogP contribution in [0, 0.1) is 6.92 Å². The fraction of sp³-hybridized carbons (Fsp3) is 0.500. The Balaban J connectivity index is 2.39. The number of aliphatic hydroxyl groups is 1. The molecule has 1 rings (SSSR count). The van der Waals surface area contributed by atoms with Crippen molar-refractivity contribution in [3.63, 3.8) is 0 Å². The van der Waals surface area contributed by atoms with E-state index >= 15 is 0 Å². The molecule has 1 aromatic carbocycles. The highest BCUT2D eigenvalue weighted by Gasteiger charge is 2.14. The molecule has 0 aliphatic rings. The molecule has 0 radical (unpaired) electrons. The summed E-state index contributed by atoms with van der Waals surface area (Å²) in [7, 11) is 1.51. The second-order valence-corrected chi connectivity index (χ2v) is 4.81.